The summed E-state index contributed by atoms with van der Waals surface area (Å²) in [6.07, 6.45) is 5.08. The minimum Gasteiger partial charge on any atom is -0.315 e. The Hall–Kier alpha value is -0.600. The topological polar surface area (TPSA) is 15.3 Å². The molecule has 0 fully saturated rings. The van der Waals surface area contributed by atoms with Gasteiger partial charge in [-0.3, -0.25) is 4.90 Å². The molecule has 0 rings (SSSR count). The molecule has 0 aromatic carbocycles. The minimum absolute atomic E-state index is 0.539. The van der Waals surface area contributed by atoms with Gasteiger partial charge in [0.05, 0.1) is 0 Å². The molecule has 1 unspecified atom stereocenters. The van der Waals surface area contributed by atoms with E-state index < -0.39 is 0 Å². The lowest BCUT2D eigenvalue weighted by Gasteiger charge is -2.26. The van der Waals surface area contributed by atoms with Gasteiger partial charge in [0.1, 0.15) is 0 Å². The summed E-state index contributed by atoms with van der Waals surface area (Å²) in [4.78, 5) is 2.35. The molecule has 0 aliphatic heterocycles. The lowest BCUT2D eigenvalue weighted by atomic mass is 10.2. The molecule has 14 heavy (non-hydrogen) atoms. The molecule has 2 nitrogen and oxygen atoms in total. The minimum atomic E-state index is 0.539. The molecule has 82 valence electrons. The number of hydrogen-bond donors (Lipinski definition) is 1. The number of hydrogen-bond acceptors (Lipinski definition) is 2. The number of rotatable bonds is 9. The summed E-state index contributed by atoms with van der Waals surface area (Å²) >= 11 is 0. The van der Waals surface area contributed by atoms with Crippen LogP contribution in [0.4, 0.5) is 0 Å². The average molecular weight is 196 g/mol. The molecule has 0 spiro atoms. The van der Waals surface area contributed by atoms with Crippen molar-refractivity contribution < 1.29 is 0 Å². The molecule has 0 aromatic rings. The molecule has 1 atom stereocenters. The van der Waals surface area contributed by atoms with Crippen LogP contribution < -0.4 is 5.32 Å². The van der Waals surface area contributed by atoms with Gasteiger partial charge >= 0.3 is 0 Å². The van der Waals surface area contributed by atoms with Crippen molar-refractivity contribution in [2.45, 2.75) is 26.3 Å². The second-order valence-corrected chi connectivity index (χ2v) is 3.58. The summed E-state index contributed by atoms with van der Waals surface area (Å²) in [6, 6.07) is 0.539. The van der Waals surface area contributed by atoms with Gasteiger partial charge in [0.25, 0.3) is 0 Å². The summed E-state index contributed by atoms with van der Waals surface area (Å²) in [5.41, 5.74) is 0. The van der Waals surface area contributed by atoms with Crippen molar-refractivity contribution in [1.29, 1.82) is 0 Å². The van der Waals surface area contributed by atoms with E-state index in [1.807, 2.05) is 12.2 Å². The maximum absolute atomic E-state index is 3.77. The van der Waals surface area contributed by atoms with E-state index in [0.29, 0.717) is 6.04 Å². The van der Waals surface area contributed by atoms with Crippen molar-refractivity contribution in [3.63, 3.8) is 0 Å². The first-order chi connectivity index (χ1) is 6.76. The fourth-order valence-electron chi connectivity index (χ4n) is 1.38. The van der Waals surface area contributed by atoms with E-state index in [0.717, 1.165) is 26.2 Å². The second kappa shape index (κ2) is 8.97. The molecule has 2 heteroatoms. The smallest absolute Gasteiger partial charge is 0.0198 e. The normalized spacial score (nSPS) is 12.8. The Labute approximate surface area is 88.7 Å². The summed E-state index contributed by atoms with van der Waals surface area (Å²) in [5, 5.41) is 3.42. The average Bonchev–Trinajstić information content (AvgIpc) is 2.18. The van der Waals surface area contributed by atoms with Crippen LogP contribution in [0.25, 0.3) is 0 Å². The van der Waals surface area contributed by atoms with E-state index in [9.17, 15) is 0 Å². The van der Waals surface area contributed by atoms with Crippen molar-refractivity contribution >= 4 is 0 Å². The first-order valence-electron chi connectivity index (χ1n) is 5.42. The SMILES string of the molecule is C=CCN(CC=C)C(C)CNCCC. The zero-order chi connectivity index (χ0) is 10.8. The van der Waals surface area contributed by atoms with Crippen molar-refractivity contribution in [1.82, 2.24) is 10.2 Å². The van der Waals surface area contributed by atoms with Crippen molar-refractivity contribution in [2.24, 2.45) is 0 Å². The fraction of sp³-hybridized carbons (Fsp3) is 0.667. The monoisotopic (exact) mass is 196 g/mol. The molecule has 0 bridgehead atoms. The van der Waals surface area contributed by atoms with Gasteiger partial charge in [-0.2, -0.15) is 0 Å². The first-order valence-corrected chi connectivity index (χ1v) is 5.42. The van der Waals surface area contributed by atoms with Gasteiger partial charge in [0.15, 0.2) is 0 Å². The Morgan fingerprint density at radius 1 is 1.29 bits per heavy atom. The molecular formula is C12H24N2. The van der Waals surface area contributed by atoms with Crippen LogP contribution in [0.15, 0.2) is 25.3 Å². The highest BCUT2D eigenvalue weighted by atomic mass is 15.2. The highest BCUT2D eigenvalue weighted by Crippen LogP contribution is 1.98. The Kier molecular flexibility index (Phi) is 8.59. The second-order valence-electron chi connectivity index (χ2n) is 3.58. The summed E-state index contributed by atoms with van der Waals surface area (Å²) in [6.45, 7) is 15.9. The van der Waals surface area contributed by atoms with Gasteiger partial charge in [-0.25, -0.2) is 0 Å². The Balaban J connectivity index is 3.80. The summed E-state index contributed by atoms with van der Waals surface area (Å²) in [5.74, 6) is 0. The zero-order valence-electron chi connectivity index (χ0n) is 9.63. The lowest BCUT2D eigenvalue weighted by Crippen LogP contribution is -2.40. The highest BCUT2D eigenvalue weighted by Gasteiger charge is 2.09. The Morgan fingerprint density at radius 3 is 2.29 bits per heavy atom. The fourth-order valence-corrected chi connectivity index (χ4v) is 1.38. The van der Waals surface area contributed by atoms with Crippen LogP contribution in [0, 0.1) is 0 Å². The van der Waals surface area contributed by atoms with E-state index in [4.69, 9.17) is 0 Å². The third-order valence-electron chi connectivity index (χ3n) is 2.22. The van der Waals surface area contributed by atoms with E-state index in [1.54, 1.807) is 0 Å². The first kappa shape index (κ1) is 13.4. The summed E-state index contributed by atoms with van der Waals surface area (Å²) < 4.78 is 0. The van der Waals surface area contributed by atoms with E-state index in [2.05, 4.69) is 37.2 Å². The summed E-state index contributed by atoms with van der Waals surface area (Å²) in [7, 11) is 0. The predicted molar refractivity (Wildman–Crippen MR) is 64.6 cm³/mol. The molecule has 0 saturated heterocycles. The number of nitrogens with one attached hydrogen (secondary N) is 1. The van der Waals surface area contributed by atoms with Crippen LogP contribution in [0.1, 0.15) is 20.3 Å². The van der Waals surface area contributed by atoms with Gasteiger partial charge in [0, 0.05) is 25.7 Å². The molecule has 0 amide bonds. The Morgan fingerprint density at radius 2 is 1.86 bits per heavy atom. The van der Waals surface area contributed by atoms with Crippen molar-refractivity contribution in [3.05, 3.63) is 25.3 Å². The van der Waals surface area contributed by atoms with Crippen LogP contribution in [0.5, 0.6) is 0 Å². The maximum atomic E-state index is 3.77. The third-order valence-corrected chi connectivity index (χ3v) is 2.22. The highest BCUT2D eigenvalue weighted by molar-refractivity contribution is 4.83. The van der Waals surface area contributed by atoms with Crippen LogP contribution >= 0.6 is 0 Å². The van der Waals surface area contributed by atoms with Crippen LogP contribution in [-0.4, -0.2) is 37.1 Å². The predicted octanol–water partition coefficient (Wildman–Crippen LogP) is 2.05. The van der Waals surface area contributed by atoms with Crippen molar-refractivity contribution in [3.8, 4) is 0 Å². The molecule has 0 heterocycles. The lowest BCUT2D eigenvalue weighted by molar-refractivity contribution is 0.249. The van der Waals surface area contributed by atoms with Crippen LogP contribution in [0.2, 0.25) is 0 Å². The van der Waals surface area contributed by atoms with E-state index in [1.165, 1.54) is 6.42 Å². The van der Waals surface area contributed by atoms with Gasteiger partial charge in [0.2, 0.25) is 0 Å². The number of nitrogens with zero attached hydrogens (tertiary/aromatic N) is 1. The van der Waals surface area contributed by atoms with Crippen molar-refractivity contribution in [2.75, 3.05) is 26.2 Å². The van der Waals surface area contributed by atoms with E-state index >= 15 is 0 Å². The van der Waals surface area contributed by atoms with Gasteiger partial charge in [-0.15, -0.1) is 13.2 Å². The standard InChI is InChI=1S/C12H24N2/c1-5-8-13-11-12(4)14(9-6-2)10-7-3/h6-7,12-13H,2-3,5,8-11H2,1,4H3. The molecule has 1 N–H and O–H groups in total. The van der Waals surface area contributed by atoms with Crippen LogP contribution in [0.3, 0.4) is 0 Å². The maximum Gasteiger partial charge on any atom is 0.0198 e. The Bertz CT molecular complexity index is 144. The molecule has 0 aliphatic rings. The van der Waals surface area contributed by atoms with Gasteiger partial charge < -0.3 is 5.32 Å². The molecule has 0 radical (unpaired) electrons. The molecular weight excluding hydrogens is 172 g/mol. The zero-order valence-corrected chi connectivity index (χ0v) is 9.63. The molecule has 0 aromatic heterocycles. The quantitative estimate of drug-likeness (QED) is 0.448. The largest absolute Gasteiger partial charge is 0.315 e. The molecule has 0 saturated carbocycles. The van der Waals surface area contributed by atoms with Gasteiger partial charge in [-0.05, 0) is 19.9 Å². The molecule has 0 aliphatic carbocycles. The third kappa shape index (κ3) is 5.95. The van der Waals surface area contributed by atoms with Gasteiger partial charge in [-0.1, -0.05) is 19.1 Å². The van der Waals surface area contributed by atoms with E-state index in [-0.39, 0.29) is 0 Å². The van der Waals surface area contributed by atoms with Crippen LogP contribution in [-0.2, 0) is 0 Å².